The summed E-state index contributed by atoms with van der Waals surface area (Å²) in [6.45, 7) is 0. The summed E-state index contributed by atoms with van der Waals surface area (Å²) in [7, 11) is -1.41. The Hall–Kier alpha value is -1.24. The first kappa shape index (κ1) is 7.86. The third-order valence-electron chi connectivity index (χ3n) is 1.04. The minimum atomic E-state index is -1.41. The molecule has 0 aliphatic rings. The number of nitrogens with zero attached hydrogens (tertiary/aromatic N) is 2. The van der Waals surface area contributed by atoms with Crippen molar-refractivity contribution in [1.82, 2.24) is 9.97 Å². The molecular formula is C4H5N3O3S. The highest BCUT2D eigenvalue weighted by Gasteiger charge is 2.17. The summed E-state index contributed by atoms with van der Waals surface area (Å²) < 4.78 is 10.8. The molecule has 0 fully saturated rings. The van der Waals surface area contributed by atoms with Gasteiger partial charge in [0.15, 0.2) is 6.33 Å². The van der Waals surface area contributed by atoms with Gasteiger partial charge in [-0.1, -0.05) is 0 Å². The average Bonchev–Trinajstić information content (AvgIpc) is 2.32. The van der Waals surface area contributed by atoms with E-state index in [1.165, 1.54) is 6.26 Å². The topological polar surface area (TPSA) is 88.9 Å². The Morgan fingerprint density at radius 3 is 2.82 bits per heavy atom. The van der Waals surface area contributed by atoms with E-state index in [-0.39, 0.29) is 10.8 Å². The zero-order chi connectivity index (χ0) is 8.43. The van der Waals surface area contributed by atoms with Crippen molar-refractivity contribution in [3.05, 3.63) is 16.4 Å². The Balaban J connectivity index is 3.16. The molecule has 0 radical (unpaired) electrons. The molecule has 0 aliphatic carbocycles. The SMILES string of the molecule is CS(=O)c1nc[nH]c1[N+](=O)[O-]. The highest BCUT2D eigenvalue weighted by atomic mass is 32.2. The van der Waals surface area contributed by atoms with Crippen molar-refractivity contribution >= 4 is 16.6 Å². The van der Waals surface area contributed by atoms with Crippen LogP contribution < -0.4 is 0 Å². The van der Waals surface area contributed by atoms with E-state index in [0.29, 0.717) is 0 Å². The van der Waals surface area contributed by atoms with E-state index in [4.69, 9.17) is 0 Å². The molecule has 0 amide bonds. The van der Waals surface area contributed by atoms with Gasteiger partial charge in [-0.3, -0.25) is 4.21 Å². The van der Waals surface area contributed by atoms with Crippen LogP contribution in [0, 0.1) is 10.1 Å². The summed E-state index contributed by atoms with van der Waals surface area (Å²) >= 11 is 0. The molecule has 1 N–H and O–H groups in total. The fourth-order valence-corrected chi connectivity index (χ4v) is 1.22. The van der Waals surface area contributed by atoms with E-state index >= 15 is 0 Å². The van der Waals surface area contributed by atoms with Crippen LogP contribution in [0.25, 0.3) is 0 Å². The molecular weight excluding hydrogens is 170 g/mol. The first-order valence-electron chi connectivity index (χ1n) is 2.64. The summed E-state index contributed by atoms with van der Waals surface area (Å²) in [6, 6.07) is 0. The van der Waals surface area contributed by atoms with E-state index in [2.05, 4.69) is 9.97 Å². The van der Waals surface area contributed by atoms with E-state index in [9.17, 15) is 14.3 Å². The maximum Gasteiger partial charge on any atom is 0.357 e. The van der Waals surface area contributed by atoms with Crippen LogP contribution in [0.3, 0.4) is 0 Å². The number of rotatable bonds is 2. The largest absolute Gasteiger partial charge is 0.358 e. The fourth-order valence-electron chi connectivity index (χ4n) is 0.616. The average molecular weight is 175 g/mol. The van der Waals surface area contributed by atoms with Crippen molar-refractivity contribution in [3.8, 4) is 0 Å². The Bertz CT molecular complexity index is 279. The van der Waals surface area contributed by atoms with Gasteiger partial charge in [0.1, 0.15) is 0 Å². The van der Waals surface area contributed by atoms with E-state index in [0.717, 1.165) is 6.33 Å². The number of nitrogens with one attached hydrogen (secondary N) is 1. The summed E-state index contributed by atoms with van der Waals surface area (Å²) in [4.78, 5) is 15.4. The Kier molecular flexibility index (Phi) is 1.99. The molecule has 0 aliphatic heterocycles. The molecule has 1 aromatic heterocycles. The van der Waals surface area contributed by atoms with E-state index in [1.54, 1.807) is 0 Å². The molecule has 1 atom stereocenters. The van der Waals surface area contributed by atoms with Crippen LogP contribution in [-0.2, 0) is 10.8 Å². The van der Waals surface area contributed by atoms with Crippen molar-refractivity contribution in [3.63, 3.8) is 0 Å². The highest BCUT2D eigenvalue weighted by molar-refractivity contribution is 7.84. The predicted molar refractivity (Wildman–Crippen MR) is 37.6 cm³/mol. The first-order chi connectivity index (χ1) is 5.13. The Morgan fingerprint density at radius 1 is 1.82 bits per heavy atom. The zero-order valence-electron chi connectivity index (χ0n) is 5.60. The third kappa shape index (κ3) is 1.43. The van der Waals surface area contributed by atoms with Crippen LogP contribution in [-0.4, -0.2) is 25.4 Å². The number of imidazole rings is 1. The van der Waals surface area contributed by atoms with Gasteiger partial charge < -0.3 is 10.1 Å². The Morgan fingerprint density at radius 2 is 2.45 bits per heavy atom. The van der Waals surface area contributed by atoms with Crippen molar-refractivity contribution in [1.29, 1.82) is 0 Å². The minimum Gasteiger partial charge on any atom is -0.358 e. The number of hydrogen-bond donors (Lipinski definition) is 1. The lowest BCUT2D eigenvalue weighted by Gasteiger charge is -1.90. The second-order valence-corrected chi connectivity index (χ2v) is 3.06. The molecule has 7 heteroatoms. The molecule has 1 rings (SSSR count). The second kappa shape index (κ2) is 2.79. The van der Waals surface area contributed by atoms with Crippen LogP contribution >= 0.6 is 0 Å². The van der Waals surface area contributed by atoms with Gasteiger partial charge in [0.2, 0.25) is 5.03 Å². The quantitative estimate of drug-likeness (QED) is 0.508. The molecule has 0 saturated carbocycles. The molecule has 1 heterocycles. The molecule has 11 heavy (non-hydrogen) atoms. The van der Waals surface area contributed by atoms with Crippen LogP contribution in [0.4, 0.5) is 5.82 Å². The smallest absolute Gasteiger partial charge is 0.357 e. The highest BCUT2D eigenvalue weighted by Crippen LogP contribution is 2.14. The number of nitro groups is 1. The normalized spacial score (nSPS) is 12.8. The molecule has 0 saturated heterocycles. The maximum absolute atomic E-state index is 10.8. The number of aromatic nitrogens is 2. The molecule has 0 aromatic carbocycles. The van der Waals surface area contributed by atoms with E-state index in [1.807, 2.05) is 0 Å². The monoisotopic (exact) mass is 175 g/mol. The van der Waals surface area contributed by atoms with Gasteiger partial charge in [0.25, 0.3) is 0 Å². The van der Waals surface area contributed by atoms with Gasteiger partial charge >= 0.3 is 5.82 Å². The van der Waals surface area contributed by atoms with Gasteiger partial charge in [-0.05, 0) is 4.92 Å². The van der Waals surface area contributed by atoms with Gasteiger partial charge in [0, 0.05) is 6.26 Å². The van der Waals surface area contributed by atoms with Crippen LogP contribution in [0.1, 0.15) is 0 Å². The summed E-state index contributed by atoms with van der Waals surface area (Å²) in [5.74, 6) is -0.300. The lowest BCUT2D eigenvalue weighted by molar-refractivity contribution is -0.392. The van der Waals surface area contributed by atoms with Crippen molar-refractivity contribution in [2.24, 2.45) is 0 Å². The third-order valence-corrected chi connectivity index (χ3v) is 1.88. The molecule has 0 bridgehead atoms. The second-order valence-electron chi connectivity index (χ2n) is 1.77. The molecule has 0 spiro atoms. The van der Waals surface area contributed by atoms with Crippen LogP contribution in [0.5, 0.6) is 0 Å². The van der Waals surface area contributed by atoms with Gasteiger partial charge in [-0.15, -0.1) is 0 Å². The number of aromatic amines is 1. The summed E-state index contributed by atoms with van der Waals surface area (Å²) in [6.07, 6.45) is 2.48. The summed E-state index contributed by atoms with van der Waals surface area (Å²) in [5.41, 5.74) is 0. The lowest BCUT2D eigenvalue weighted by atomic mass is 10.8. The standard InChI is InChI=1S/C4H5N3O3S/c1-11(10)4-3(7(8)9)5-2-6-4/h2H,1H3,(H,5,6). The molecule has 1 unspecified atom stereocenters. The predicted octanol–water partition coefficient (Wildman–Crippen LogP) is 0.0553. The number of H-pyrrole nitrogens is 1. The van der Waals surface area contributed by atoms with Gasteiger partial charge in [-0.2, -0.15) is 4.98 Å². The molecule has 60 valence electrons. The van der Waals surface area contributed by atoms with Gasteiger partial charge in [-0.25, -0.2) is 4.98 Å². The molecule has 6 nitrogen and oxygen atoms in total. The van der Waals surface area contributed by atoms with Crippen LogP contribution in [0.15, 0.2) is 11.4 Å². The number of hydrogen-bond acceptors (Lipinski definition) is 4. The summed E-state index contributed by atoms with van der Waals surface area (Å²) in [5, 5.41) is 10.2. The lowest BCUT2D eigenvalue weighted by Crippen LogP contribution is -1.95. The first-order valence-corrected chi connectivity index (χ1v) is 4.20. The fraction of sp³-hybridized carbons (Fsp3) is 0.250. The van der Waals surface area contributed by atoms with Crippen LogP contribution in [0.2, 0.25) is 0 Å². The van der Waals surface area contributed by atoms with Gasteiger partial charge in [0.05, 0.1) is 10.8 Å². The van der Waals surface area contributed by atoms with E-state index < -0.39 is 15.7 Å². The van der Waals surface area contributed by atoms with Crippen molar-refractivity contribution in [2.75, 3.05) is 6.26 Å². The van der Waals surface area contributed by atoms with Crippen molar-refractivity contribution in [2.45, 2.75) is 5.03 Å². The maximum atomic E-state index is 10.8. The van der Waals surface area contributed by atoms with Crippen molar-refractivity contribution < 1.29 is 9.13 Å². The Labute approximate surface area is 64.3 Å². The minimum absolute atomic E-state index is 0.0185. The molecule has 1 aromatic rings. The zero-order valence-corrected chi connectivity index (χ0v) is 6.42.